The maximum absolute atomic E-state index is 12.4. The van der Waals surface area contributed by atoms with E-state index in [2.05, 4.69) is 15.3 Å². The van der Waals surface area contributed by atoms with Gasteiger partial charge in [-0.1, -0.05) is 60.7 Å². The molecule has 132 valence electrons. The number of nitrogens with zero attached hydrogens (tertiary/aromatic N) is 1. The number of aliphatic carboxylic acids is 1. The van der Waals surface area contributed by atoms with Crippen LogP contribution in [0.3, 0.4) is 0 Å². The van der Waals surface area contributed by atoms with Crippen LogP contribution >= 0.6 is 0 Å². The first kappa shape index (κ1) is 17.4. The first-order chi connectivity index (χ1) is 12.6. The zero-order chi connectivity index (χ0) is 18.4. The van der Waals surface area contributed by atoms with Gasteiger partial charge in [-0.2, -0.15) is 0 Å². The van der Waals surface area contributed by atoms with Crippen LogP contribution in [0.1, 0.15) is 11.3 Å². The number of carboxylic acid groups (broad SMARTS) is 1. The Morgan fingerprint density at radius 1 is 1.04 bits per heavy atom. The number of nitrogens with one attached hydrogen (secondary N) is 2. The van der Waals surface area contributed by atoms with E-state index in [0.717, 1.165) is 17.5 Å². The van der Waals surface area contributed by atoms with Crippen LogP contribution < -0.4 is 10.9 Å². The van der Waals surface area contributed by atoms with E-state index in [1.54, 1.807) is 12.1 Å². The molecular weight excluding hydrogens is 330 g/mol. The Balaban J connectivity index is 1.84. The lowest BCUT2D eigenvalue weighted by Crippen LogP contribution is -2.21. The minimum absolute atomic E-state index is 0.136. The first-order valence-electron chi connectivity index (χ1n) is 8.31. The Bertz CT molecular complexity index is 938. The zero-order valence-corrected chi connectivity index (χ0v) is 14.1. The van der Waals surface area contributed by atoms with Crippen molar-refractivity contribution in [1.82, 2.24) is 9.97 Å². The monoisotopic (exact) mass is 349 g/mol. The largest absolute Gasteiger partial charge is 0.481 e. The van der Waals surface area contributed by atoms with Gasteiger partial charge in [-0.05, 0) is 17.5 Å². The molecule has 6 nitrogen and oxygen atoms in total. The fourth-order valence-corrected chi connectivity index (χ4v) is 2.69. The van der Waals surface area contributed by atoms with E-state index in [1.807, 2.05) is 48.5 Å². The fourth-order valence-electron chi connectivity index (χ4n) is 2.69. The fraction of sp³-hybridized carbons (Fsp3) is 0.150. The smallest absolute Gasteiger partial charge is 0.309 e. The summed E-state index contributed by atoms with van der Waals surface area (Å²) in [7, 11) is 0. The van der Waals surface area contributed by atoms with Crippen LogP contribution in [-0.2, 0) is 17.6 Å². The second-order valence-corrected chi connectivity index (χ2v) is 5.84. The molecule has 0 saturated carbocycles. The minimum atomic E-state index is -1.00. The number of anilines is 1. The highest BCUT2D eigenvalue weighted by molar-refractivity contribution is 5.74. The van der Waals surface area contributed by atoms with Crippen molar-refractivity contribution in [2.45, 2.75) is 12.8 Å². The van der Waals surface area contributed by atoms with Gasteiger partial charge in [0.05, 0.1) is 17.8 Å². The molecule has 0 aliphatic rings. The third kappa shape index (κ3) is 4.36. The van der Waals surface area contributed by atoms with Gasteiger partial charge in [-0.15, -0.1) is 0 Å². The predicted octanol–water partition coefficient (Wildman–Crippen LogP) is 2.72. The molecule has 0 bridgehead atoms. The average molecular weight is 349 g/mol. The molecule has 0 aliphatic heterocycles. The van der Waals surface area contributed by atoms with Gasteiger partial charge >= 0.3 is 5.97 Å². The summed E-state index contributed by atoms with van der Waals surface area (Å²) in [4.78, 5) is 30.6. The van der Waals surface area contributed by atoms with Gasteiger partial charge < -0.3 is 15.4 Å². The number of carbonyl (C=O) groups is 1. The molecule has 1 heterocycles. The van der Waals surface area contributed by atoms with Gasteiger partial charge in [0, 0.05) is 6.54 Å². The number of hydrogen-bond acceptors (Lipinski definition) is 4. The summed E-state index contributed by atoms with van der Waals surface area (Å²) in [6, 6.07) is 19.0. The first-order valence-corrected chi connectivity index (χ1v) is 8.31. The molecule has 0 spiro atoms. The average Bonchev–Trinajstić information content (AvgIpc) is 2.65. The van der Waals surface area contributed by atoms with Crippen LogP contribution in [0.5, 0.6) is 0 Å². The Morgan fingerprint density at radius 3 is 2.35 bits per heavy atom. The molecule has 6 heteroatoms. The Hall–Kier alpha value is -3.41. The highest BCUT2D eigenvalue weighted by Crippen LogP contribution is 2.20. The second kappa shape index (κ2) is 8.11. The second-order valence-electron chi connectivity index (χ2n) is 5.84. The predicted molar refractivity (Wildman–Crippen MR) is 100 cm³/mol. The van der Waals surface area contributed by atoms with Crippen molar-refractivity contribution in [3.05, 3.63) is 82.3 Å². The van der Waals surface area contributed by atoms with Crippen molar-refractivity contribution < 1.29 is 9.90 Å². The van der Waals surface area contributed by atoms with Crippen LogP contribution in [0.4, 0.5) is 5.82 Å². The number of hydrogen-bond donors (Lipinski definition) is 3. The van der Waals surface area contributed by atoms with Crippen molar-refractivity contribution in [3.63, 3.8) is 0 Å². The summed E-state index contributed by atoms with van der Waals surface area (Å²) < 4.78 is 0. The molecule has 3 N–H and O–H groups in total. The van der Waals surface area contributed by atoms with Gasteiger partial charge in [0.15, 0.2) is 5.82 Å². The quantitative estimate of drug-likeness (QED) is 0.610. The molecule has 0 aliphatic carbocycles. The molecular formula is C20H19N3O3. The molecule has 26 heavy (non-hydrogen) atoms. The van der Waals surface area contributed by atoms with Crippen LogP contribution in [0, 0.1) is 0 Å². The minimum Gasteiger partial charge on any atom is -0.481 e. The molecule has 2 aromatic carbocycles. The molecule has 0 fully saturated rings. The van der Waals surface area contributed by atoms with E-state index in [1.165, 1.54) is 0 Å². The third-order valence-electron chi connectivity index (χ3n) is 3.92. The number of aromatic nitrogens is 2. The molecule has 1 aromatic heterocycles. The molecule has 0 atom stereocenters. The Labute approximate surface area is 150 Å². The van der Waals surface area contributed by atoms with Crippen molar-refractivity contribution in [3.8, 4) is 11.3 Å². The number of rotatable bonds is 7. The number of carboxylic acids is 1. The van der Waals surface area contributed by atoms with E-state index in [0.29, 0.717) is 17.9 Å². The van der Waals surface area contributed by atoms with Crippen LogP contribution in [0.25, 0.3) is 11.3 Å². The standard InChI is InChI=1S/C20H19N3O3/c24-17(25)13-16-18(15-9-5-2-6-10-15)23-20(26)19(22-16)21-12-11-14-7-3-1-4-8-14/h1-10H,11-13H2,(H,21,22)(H,23,26)(H,24,25). The van der Waals surface area contributed by atoms with Gasteiger partial charge in [0.2, 0.25) is 0 Å². The summed E-state index contributed by atoms with van der Waals surface area (Å²) in [5.74, 6) is -0.867. The molecule has 3 rings (SSSR count). The van der Waals surface area contributed by atoms with Crippen molar-refractivity contribution >= 4 is 11.8 Å². The normalized spacial score (nSPS) is 10.5. The number of H-pyrrole nitrogens is 1. The third-order valence-corrected chi connectivity index (χ3v) is 3.92. The molecule has 0 radical (unpaired) electrons. The van der Waals surface area contributed by atoms with Crippen LogP contribution in [0.2, 0.25) is 0 Å². The maximum atomic E-state index is 12.4. The van der Waals surface area contributed by atoms with E-state index >= 15 is 0 Å². The van der Waals surface area contributed by atoms with E-state index in [9.17, 15) is 14.7 Å². The highest BCUT2D eigenvalue weighted by Gasteiger charge is 2.14. The topological polar surface area (TPSA) is 95.1 Å². The molecule has 0 amide bonds. The lowest BCUT2D eigenvalue weighted by molar-refractivity contribution is -0.136. The zero-order valence-electron chi connectivity index (χ0n) is 14.1. The van der Waals surface area contributed by atoms with Gasteiger partial charge in [0.1, 0.15) is 0 Å². The summed E-state index contributed by atoms with van der Waals surface area (Å²) in [5.41, 5.74) is 2.26. The lowest BCUT2D eigenvalue weighted by atomic mass is 10.1. The molecule has 0 saturated heterocycles. The van der Waals surface area contributed by atoms with Crippen molar-refractivity contribution in [2.24, 2.45) is 0 Å². The van der Waals surface area contributed by atoms with E-state index in [-0.39, 0.29) is 17.8 Å². The van der Waals surface area contributed by atoms with E-state index < -0.39 is 5.97 Å². The lowest BCUT2D eigenvalue weighted by Gasteiger charge is -2.11. The van der Waals surface area contributed by atoms with Gasteiger partial charge in [-0.3, -0.25) is 9.59 Å². The van der Waals surface area contributed by atoms with Gasteiger partial charge in [-0.25, -0.2) is 4.98 Å². The Kier molecular flexibility index (Phi) is 5.43. The van der Waals surface area contributed by atoms with Crippen LogP contribution in [0.15, 0.2) is 65.5 Å². The highest BCUT2D eigenvalue weighted by atomic mass is 16.4. The van der Waals surface area contributed by atoms with Crippen LogP contribution in [-0.4, -0.2) is 27.6 Å². The molecule has 0 unspecified atom stereocenters. The van der Waals surface area contributed by atoms with Crippen molar-refractivity contribution in [1.29, 1.82) is 0 Å². The van der Waals surface area contributed by atoms with Gasteiger partial charge in [0.25, 0.3) is 5.56 Å². The van der Waals surface area contributed by atoms with Crippen molar-refractivity contribution in [2.75, 3.05) is 11.9 Å². The summed E-state index contributed by atoms with van der Waals surface area (Å²) in [5, 5.41) is 12.2. The molecule has 3 aromatic rings. The van der Waals surface area contributed by atoms with E-state index in [4.69, 9.17) is 0 Å². The Morgan fingerprint density at radius 2 is 1.69 bits per heavy atom. The SMILES string of the molecule is O=C(O)Cc1nc(NCCc2ccccc2)c(=O)[nH]c1-c1ccccc1. The summed E-state index contributed by atoms with van der Waals surface area (Å²) >= 11 is 0. The summed E-state index contributed by atoms with van der Waals surface area (Å²) in [6.45, 7) is 0.525. The summed E-state index contributed by atoms with van der Waals surface area (Å²) in [6.07, 6.45) is 0.463. The number of aromatic amines is 1. The number of benzene rings is 2. The maximum Gasteiger partial charge on any atom is 0.309 e.